The van der Waals surface area contributed by atoms with Crippen LogP contribution < -0.4 is 10.6 Å². The molecule has 2 amide bonds. The topological polar surface area (TPSA) is 67.4 Å². The van der Waals surface area contributed by atoms with Gasteiger partial charge in [-0.2, -0.15) is 13.2 Å². The van der Waals surface area contributed by atoms with Gasteiger partial charge in [-0.15, -0.1) is 0 Å². The number of ether oxygens (including phenoxy) is 1. The molecule has 0 unspecified atom stereocenters. The average Bonchev–Trinajstić information content (AvgIpc) is 2.38. The highest BCUT2D eigenvalue weighted by Gasteiger charge is 2.29. The van der Waals surface area contributed by atoms with Gasteiger partial charge in [0.25, 0.3) is 0 Å². The van der Waals surface area contributed by atoms with Crippen molar-refractivity contribution < 1.29 is 27.5 Å². The van der Waals surface area contributed by atoms with Crippen LogP contribution >= 0.6 is 0 Å². The zero-order valence-corrected chi connectivity index (χ0v) is 11.3. The normalized spacial score (nSPS) is 10.9. The second-order valence-corrected chi connectivity index (χ2v) is 4.14. The Bertz CT molecular complexity index is 486. The van der Waals surface area contributed by atoms with Gasteiger partial charge < -0.3 is 10.1 Å². The van der Waals surface area contributed by atoms with E-state index < -0.39 is 18.9 Å². The van der Waals surface area contributed by atoms with E-state index in [4.69, 9.17) is 0 Å². The first-order chi connectivity index (χ1) is 9.80. The summed E-state index contributed by atoms with van der Waals surface area (Å²) < 4.78 is 39.5. The number of carbonyl (C=O) groups excluding carboxylic acids is 2. The third-order valence-electron chi connectivity index (χ3n) is 2.31. The summed E-state index contributed by atoms with van der Waals surface area (Å²) in [4.78, 5) is 22.5. The molecule has 0 aromatic heterocycles. The minimum Gasteiger partial charge on any atom is -0.440 e. The van der Waals surface area contributed by atoms with E-state index in [0.29, 0.717) is 6.54 Å². The number of benzene rings is 1. The van der Waals surface area contributed by atoms with Crippen molar-refractivity contribution >= 4 is 17.7 Å². The summed E-state index contributed by atoms with van der Waals surface area (Å²) in [5, 5.41) is 4.79. The van der Waals surface area contributed by atoms with E-state index in [1.165, 1.54) is 12.1 Å². The van der Waals surface area contributed by atoms with Crippen LogP contribution in [0.2, 0.25) is 0 Å². The molecule has 1 aromatic carbocycles. The minimum atomic E-state index is -4.56. The summed E-state index contributed by atoms with van der Waals surface area (Å²) in [5.41, 5.74) is 0.997. The van der Waals surface area contributed by atoms with Gasteiger partial charge >= 0.3 is 12.3 Å². The molecule has 0 saturated carbocycles. The van der Waals surface area contributed by atoms with Crippen molar-refractivity contribution in [3.8, 4) is 0 Å². The molecule has 1 rings (SSSR count). The lowest BCUT2D eigenvalue weighted by atomic mass is 10.1. The molecule has 1 aromatic rings. The Morgan fingerprint density at radius 3 is 2.33 bits per heavy atom. The summed E-state index contributed by atoms with van der Waals surface area (Å²) in [6, 6.07) is 6.13. The summed E-state index contributed by atoms with van der Waals surface area (Å²) in [5.74, 6) is -0.136. The van der Waals surface area contributed by atoms with Crippen LogP contribution in [0, 0.1) is 0 Å². The maximum Gasteiger partial charge on any atom is 0.422 e. The van der Waals surface area contributed by atoms with Crippen LogP contribution in [-0.4, -0.2) is 31.3 Å². The number of nitrogens with one attached hydrogen (secondary N) is 2. The van der Waals surface area contributed by atoms with Gasteiger partial charge in [0.05, 0.1) is 6.42 Å². The van der Waals surface area contributed by atoms with Crippen LogP contribution in [0.3, 0.4) is 0 Å². The quantitative estimate of drug-likeness (QED) is 0.878. The molecule has 0 aliphatic heterocycles. The Hall–Kier alpha value is -2.25. The van der Waals surface area contributed by atoms with Crippen molar-refractivity contribution in [3.63, 3.8) is 0 Å². The third kappa shape index (κ3) is 7.19. The van der Waals surface area contributed by atoms with Gasteiger partial charge in [0.2, 0.25) is 5.91 Å². The molecular weight excluding hydrogens is 289 g/mol. The smallest absolute Gasteiger partial charge is 0.422 e. The van der Waals surface area contributed by atoms with Crippen molar-refractivity contribution in [1.29, 1.82) is 0 Å². The second kappa shape index (κ2) is 7.51. The predicted molar refractivity (Wildman–Crippen MR) is 69.9 cm³/mol. The van der Waals surface area contributed by atoms with Gasteiger partial charge in [-0.3, -0.25) is 10.1 Å². The van der Waals surface area contributed by atoms with E-state index in [9.17, 15) is 22.8 Å². The maximum atomic E-state index is 11.8. The van der Waals surface area contributed by atoms with Crippen LogP contribution in [0.1, 0.15) is 12.5 Å². The number of amides is 2. The molecule has 0 fully saturated rings. The first-order valence-corrected chi connectivity index (χ1v) is 6.16. The molecule has 0 atom stereocenters. The monoisotopic (exact) mass is 304 g/mol. The molecule has 0 heterocycles. The Morgan fingerprint density at radius 2 is 1.81 bits per heavy atom. The molecule has 0 radical (unpaired) electrons. The highest BCUT2D eigenvalue weighted by molar-refractivity contribution is 5.84. The zero-order chi connectivity index (χ0) is 15.9. The fourth-order valence-corrected chi connectivity index (χ4v) is 1.45. The highest BCUT2D eigenvalue weighted by atomic mass is 19.4. The number of carbonyl (C=O) groups is 2. The van der Waals surface area contributed by atoms with Gasteiger partial charge in [-0.1, -0.05) is 12.1 Å². The SMILES string of the molecule is CCNC(=O)Cc1ccc(NC(=O)OCC(F)(F)F)cc1. The standard InChI is InChI=1S/C13H15F3N2O3/c1-2-17-11(19)7-9-3-5-10(6-4-9)18-12(20)21-8-13(14,15)16/h3-6H,2,7-8H2,1H3,(H,17,19)(H,18,20). The molecular formula is C13H15F3N2O3. The van der Waals surface area contributed by atoms with Gasteiger partial charge in [0.1, 0.15) is 0 Å². The van der Waals surface area contributed by atoms with E-state index in [1.54, 1.807) is 19.1 Å². The Labute approximate surface area is 119 Å². The third-order valence-corrected chi connectivity index (χ3v) is 2.31. The Morgan fingerprint density at radius 1 is 1.19 bits per heavy atom. The Balaban J connectivity index is 2.47. The van der Waals surface area contributed by atoms with Crippen molar-refractivity contribution in [3.05, 3.63) is 29.8 Å². The molecule has 0 aliphatic carbocycles. The molecule has 8 heteroatoms. The second-order valence-electron chi connectivity index (χ2n) is 4.14. The molecule has 2 N–H and O–H groups in total. The average molecular weight is 304 g/mol. The van der Waals surface area contributed by atoms with E-state index >= 15 is 0 Å². The van der Waals surface area contributed by atoms with E-state index in [1.807, 2.05) is 0 Å². The maximum absolute atomic E-state index is 11.8. The molecule has 0 aliphatic rings. The van der Waals surface area contributed by atoms with Crippen LogP contribution in [0.5, 0.6) is 0 Å². The van der Waals surface area contributed by atoms with E-state index in [2.05, 4.69) is 15.4 Å². The minimum absolute atomic E-state index is 0.136. The number of likely N-dealkylation sites (N-methyl/N-ethyl adjacent to an activating group) is 1. The van der Waals surface area contributed by atoms with Crippen molar-refractivity contribution in [1.82, 2.24) is 5.32 Å². The molecule has 21 heavy (non-hydrogen) atoms. The summed E-state index contributed by atoms with van der Waals surface area (Å²) >= 11 is 0. The van der Waals surface area contributed by atoms with E-state index in [0.717, 1.165) is 5.56 Å². The molecule has 0 saturated heterocycles. The van der Waals surface area contributed by atoms with Gasteiger partial charge in [-0.05, 0) is 24.6 Å². The summed E-state index contributed by atoms with van der Waals surface area (Å²) in [6.07, 6.45) is -5.57. The lowest BCUT2D eigenvalue weighted by Gasteiger charge is -2.09. The number of hydrogen-bond donors (Lipinski definition) is 2. The number of hydrogen-bond acceptors (Lipinski definition) is 3. The zero-order valence-electron chi connectivity index (χ0n) is 11.3. The lowest BCUT2D eigenvalue weighted by Crippen LogP contribution is -2.24. The number of anilines is 1. The largest absolute Gasteiger partial charge is 0.440 e. The number of alkyl halides is 3. The lowest BCUT2D eigenvalue weighted by molar-refractivity contribution is -0.159. The number of rotatable bonds is 5. The summed E-state index contributed by atoms with van der Waals surface area (Å²) in [7, 11) is 0. The Kier molecular flexibility index (Phi) is 6.01. The molecule has 0 bridgehead atoms. The fourth-order valence-electron chi connectivity index (χ4n) is 1.45. The number of halogens is 3. The van der Waals surface area contributed by atoms with Gasteiger partial charge in [-0.25, -0.2) is 4.79 Å². The van der Waals surface area contributed by atoms with Crippen LogP contribution in [0.25, 0.3) is 0 Å². The van der Waals surface area contributed by atoms with Crippen molar-refractivity contribution in [2.24, 2.45) is 0 Å². The van der Waals surface area contributed by atoms with Crippen LogP contribution in [0.4, 0.5) is 23.7 Å². The van der Waals surface area contributed by atoms with E-state index in [-0.39, 0.29) is 18.0 Å². The molecule has 5 nitrogen and oxygen atoms in total. The van der Waals surface area contributed by atoms with Crippen molar-refractivity contribution in [2.75, 3.05) is 18.5 Å². The molecule has 116 valence electrons. The van der Waals surface area contributed by atoms with Crippen LogP contribution in [0.15, 0.2) is 24.3 Å². The first kappa shape index (κ1) is 16.8. The van der Waals surface area contributed by atoms with Crippen molar-refractivity contribution in [2.45, 2.75) is 19.5 Å². The van der Waals surface area contributed by atoms with Gasteiger partial charge in [0.15, 0.2) is 6.61 Å². The van der Waals surface area contributed by atoms with Crippen LogP contribution in [-0.2, 0) is 16.0 Å². The summed E-state index contributed by atoms with van der Waals surface area (Å²) in [6.45, 7) is 0.690. The van der Waals surface area contributed by atoms with Gasteiger partial charge in [0, 0.05) is 12.2 Å². The molecule has 0 spiro atoms. The fraction of sp³-hybridized carbons (Fsp3) is 0.385. The highest BCUT2D eigenvalue weighted by Crippen LogP contribution is 2.15. The first-order valence-electron chi connectivity index (χ1n) is 6.16. The predicted octanol–water partition coefficient (Wildman–Crippen LogP) is 2.48.